The van der Waals surface area contributed by atoms with E-state index < -0.39 is 0 Å². The van der Waals surface area contributed by atoms with Crippen LogP contribution in [0.1, 0.15) is 49.6 Å². The quantitative estimate of drug-likeness (QED) is 0.330. The highest BCUT2D eigenvalue weighted by Gasteiger charge is 2.53. The molecule has 1 atom stereocenters. The van der Waals surface area contributed by atoms with Gasteiger partial charge in [-0.25, -0.2) is 19.0 Å². The van der Waals surface area contributed by atoms with Crippen molar-refractivity contribution in [2.24, 2.45) is 10.4 Å². The van der Waals surface area contributed by atoms with Crippen LogP contribution in [-0.4, -0.2) is 50.7 Å². The Labute approximate surface area is 224 Å². The Morgan fingerprint density at radius 2 is 1.95 bits per heavy atom. The third-order valence-electron chi connectivity index (χ3n) is 8.36. The van der Waals surface area contributed by atoms with Crippen LogP contribution in [0.3, 0.4) is 0 Å². The lowest BCUT2D eigenvalue weighted by Crippen LogP contribution is -2.55. The van der Waals surface area contributed by atoms with Crippen molar-refractivity contribution < 1.29 is 9.13 Å². The maximum atomic E-state index is 13.8. The summed E-state index contributed by atoms with van der Waals surface area (Å²) in [6, 6.07) is 11.3. The van der Waals surface area contributed by atoms with E-state index >= 15 is 0 Å². The van der Waals surface area contributed by atoms with Crippen LogP contribution in [0.15, 0.2) is 58.8 Å². The van der Waals surface area contributed by atoms with E-state index in [1.807, 2.05) is 17.6 Å². The van der Waals surface area contributed by atoms with Gasteiger partial charge >= 0.3 is 0 Å². The van der Waals surface area contributed by atoms with Crippen LogP contribution >= 0.6 is 11.3 Å². The number of fused-ring (bicyclic) bond motifs is 2. The molecule has 4 aromatic rings. The second kappa shape index (κ2) is 8.81. The van der Waals surface area contributed by atoms with Crippen LogP contribution in [0, 0.1) is 11.2 Å². The Kier molecular flexibility index (Phi) is 5.49. The van der Waals surface area contributed by atoms with Gasteiger partial charge in [0.15, 0.2) is 5.82 Å². The lowest BCUT2D eigenvalue weighted by molar-refractivity contribution is 0.129. The molecule has 7 rings (SSSR count). The fourth-order valence-corrected chi connectivity index (χ4v) is 6.85. The molecule has 1 saturated heterocycles. The second-order valence-corrected chi connectivity index (χ2v) is 11.8. The molecule has 1 saturated carbocycles. The van der Waals surface area contributed by atoms with Crippen LogP contribution in [0.5, 0.6) is 0 Å². The van der Waals surface area contributed by atoms with Gasteiger partial charge in [-0.3, -0.25) is 4.99 Å². The summed E-state index contributed by atoms with van der Waals surface area (Å²) in [4.78, 5) is 16.7. The molecule has 9 heteroatoms. The molecule has 38 heavy (non-hydrogen) atoms. The molecule has 2 aromatic heterocycles. The summed E-state index contributed by atoms with van der Waals surface area (Å²) in [5.74, 6) is 1.53. The number of rotatable bonds is 5. The number of ether oxygens (including phenoxy) is 1. The molecule has 0 bridgehead atoms. The van der Waals surface area contributed by atoms with Gasteiger partial charge in [-0.15, -0.1) is 16.4 Å². The first-order chi connectivity index (χ1) is 18.5. The monoisotopic (exact) mass is 528 g/mol. The number of piperidine rings is 1. The van der Waals surface area contributed by atoms with E-state index in [1.165, 1.54) is 18.4 Å². The Balaban J connectivity index is 1.29. The summed E-state index contributed by atoms with van der Waals surface area (Å²) in [5.41, 5.74) is 7.40. The van der Waals surface area contributed by atoms with Crippen LogP contribution in [0.2, 0.25) is 0 Å². The van der Waals surface area contributed by atoms with Gasteiger partial charge in [-0.2, -0.15) is 0 Å². The van der Waals surface area contributed by atoms with E-state index in [4.69, 9.17) is 14.7 Å². The number of hydrogen-bond acceptors (Lipinski definition) is 7. The van der Waals surface area contributed by atoms with Crippen LogP contribution in [-0.2, 0) is 16.9 Å². The first-order valence-corrected chi connectivity index (χ1v) is 13.9. The lowest BCUT2D eigenvalue weighted by Gasteiger charge is -2.51. The normalized spacial score (nSPS) is 23.2. The molecule has 2 aromatic carbocycles. The SMILES string of the molecule is COCc1ncn(-c2ccc(/C=C3\CC4(CC4)CN4C3=NCCC4(C)c3ccc(F)cc3)c3ncsc23)n1. The van der Waals surface area contributed by atoms with Crippen molar-refractivity contribution in [3.8, 4) is 5.69 Å². The average Bonchev–Trinajstić information content (AvgIpc) is 3.28. The number of aliphatic imine (C=N–C) groups is 1. The summed E-state index contributed by atoms with van der Waals surface area (Å²) < 4.78 is 21.8. The Hall–Kier alpha value is -3.43. The van der Waals surface area contributed by atoms with Gasteiger partial charge in [0, 0.05) is 25.8 Å². The predicted molar refractivity (Wildman–Crippen MR) is 147 cm³/mol. The van der Waals surface area contributed by atoms with Gasteiger partial charge in [0.1, 0.15) is 24.6 Å². The number of benzene rings is 2. The minimum Gasteiger partial charge on any atom is -0.377 e. The zero-order valence-electron chi connectivity index (χ0n) is 21.5. The van der Waals surface area contributed by atoms with E-state index in [9.17, 15) is 4.39 Å². The molecule has 1 unspecified atom stereocenters. The van der Waals surface area contributed by atoms with Crippen LogP contribution in [0.25, 0.3) is 22.0 Å². The van der Waals surface area contributed by atoms with Crippen molar-refractivity contribution in [2.45, 2.75) is 44.8 Å². The molecule has 0 radical (unpaired) electrons. The van der Waals surface area contributed by atoms with Crippen LogP contribution < -0.4 is 0 Å². The second-order valence-electron chi connectivity index (χ2n) is 10.9. The molecule has 0 amide bonds. The lowest BCUT2D eigenvalue weighted by atomic mass is 9.79. The minimum absolute atomic E-state index is 0.198. The van der Waals surface area contributed by atoms with Gasteiger partial charge < -0.3 is 9.64 Å². The van der Waals surface area contributed by atoms with Crippen molar-refractivity contribution in [3.05, 3.63) is 76.6 Å². The number of halogens is 1. The molecule has 0 N–H and O–H groups in total. The molecule has 7 nitrogen and oxygen atoms in total. The first-order valence-electron chi connectivity index (χ1n) is 13.0. The maximum Gasteiger partial charge on any atom is 0.176 e. The summed E-state index contributed by atoms with van der Waals surface area (Å²) in [7, 11) is 1.64. The maximum absolute atomic E-state index is 13.8. The zero-order chi connectivity index (χ0) is 25.9. The van der Waals surface area contributed by atoms with Gasteiger partial charge in [-0.05, 0) is 73.4 Å². The average molecular weight is 529 g/mol. The van der Waals surface area contributed by atoms with E-state index in [0.29, 0.717) is 17.8 Å². The minimum atomic E-state index is -0.216. The molecule has 4 heterocycles. The molecule has 194 valence electrons. The van der Waals surface area contributed by atoms with Crippen molar-refractivity contribution in [2.75, 3.05) is 20.2 Å². The van der Waals surface area contributed by atoms with Gasteiger partial charge in [0.05, 0.1) is 27.0 Å². The Bertz CT molecular complexity index is 1580. The summed E-state index contributed by atoms with van der Waals surface area (Å²) in [6.07, 6.45) is 8.43. The number of aromatic nitrogens is 4. The highest BCUT2D eigenvalue weighted by molar-refractivity contribution is 7.17. The summed E-state index contributed by atoms with van der Waals surface area (Å²) in [6.45, 7) is 4.42. The van der Waals surface area contributed by atoms with E-state index in [-0.39, 0.29) is 11.4 Å². The molecule has 1 aliphatic carbocycles. The third kappa shape index (κ3) is 3.87. The molecular formula is C29H29FN6OS. The molecular weight excluding hydrogens is 499 g/mol. The number of thiazole rings is 1. The summed E-state index contributed by atoms with van der Waals surface area (Å²) >= 11 is 1.61. The van der Waals surface area contributed by atoms with Gasteiger partial charge in [0.2, 0.25) is 0 Å². The Morgan fingerprint density at radius 1 is 1.11 bits per heavy atom. The third-order valence-corrected chi connectivity index (χ3v) is 9.21. The fourth-order valence-electron chi connectivity index (χ4n) is 6.02. The molecule has 1 spiro atoms. The largest absolute Gasteiger partial charge is 0.377 e. The fraction of sp³-hybridized carbons (Fsp3) is 0.379. The van der Waals surface area contributed by atoms with Crippen molar-refractivity contribution >= 4 is 33.5 Å². The smallest absolute Gasteiger partial charge is 0.176 e. The zero-order valence-corrected chi connectivity index (χ0v) is 22.3. The van der Waals surface area contributed by atoms with E-state index in [1.54, 1.807) is 41.6 Å². The Morgan fingerprint density at radius 3 is 2.74 bits per heavy atom. The van der Waals surface area contributed by atoms with E-state index in [0.717, 1.165) is 58.8 Å². The highest BCUT2D eigenvalue weighted by Crippen LogP contribution is 2.57. The molecule has 2 fully saturated rings. The van der Waals surface area contributed by atoms with E-state index in [2.05, 4.69) is 40.1 Å². The summed E-state index contributed by atoms with van der Waals surface area (Å²) in [5, 5.41) is 4.57. The number of methoxy groups -OCH3 is 1. The standard InChI is InChI=1S/C29H29FN6OS/c1-28(21-4-6-22(30)7-5-21)11-12-31-27-20(14-29(9-10-29)16-35(27)28)13-19-3-8-23(26-25(19)33-18-38-26)36-17-32-24(34-36)15-37-2/h3-8,13,17-18H,9-12,14-16H2,1-2H3/b20-13+. The van der Waals surface area contributed by atoms with Crippen LogP contribution in [0.4, 0.5) is 4.39 Å². The van der Waals surface area contributed by atoms with Crippen molar-refractivity contribution in [3.63, 3.8) is 0 Å². The number of hydrogen-bond donors (Lipinski definition) is 0. The molecule has 3 aliphatic rings. The highest BCUT2D eigenvalue weighted by atomic mass is 32.1. The number of amidine groups is 1. The predicted octanol–water partition coefficient (Wildman–Crippen LogP) is 5.75. The first kappa shape index (κ1) is 23.7. The van der Waals surface area contributed by atoms with Gasteiger partial charge in [0.25, 0.3) is 0 Å². The number of nitrogens with zero attached hydrogens (tertiary/aromatic N) is 6. The molecule has 2 aliphatic heterocycles. The van der Waals surface area contributed by atoms with Crippen molar-refractivity contribution in [1.82, 2.24) is 24.6 Å². The topological polar surface area (TPSA) is 68.4 Å². The van der Waals surface area contributed by atoms with Crippen molar-refractivity contribution in [1.29, 1.82) is 0 Å². The van der Waals surface area contributed by atoms with Gasteiger partial charge in [-0.1, -0.05) is 18.2 Å².